The number of carbonyl (C=O) groups is 2. The lowest BCUT2D eigenvalue weighted by Crippen LogP contribution is -2.14. The molecule has 0 spiro atoms. The van der Waals surface area contributed by atoms with Crippen LogP contribution in [0.2, 0.25) is 0 Å². The van der Waals surface area contributed by atoms with Crippen LogP contribution in [0.4, 0.5) is 11.4 Å². The Morgan fingerprint density at radius 1 is 0.500 bits per heavy atom. The first-order valence-electron chi connectivity index (χ1n) is 12.6. The number of hydrogen-bond donors (Lipinski definition) is 2. The monoisotopic (exact) mass is 472 g/mol. The number of nitrogens with one attached hydrogen (secondary N) is 2. The Labute approximate surface area is 211 Å². The van der Waals surface area contributed by atoms with Crippen LogP contribution >= 0.6 is 0 Å². The van der Waals surface area contributed by atoms with Crippen molar-refractivity contribution in [1.29, 1.82) is 0 Å². The van der Waals surface area contributed by atoms with E-state index in [1.807, 2.05) is 84.9 Å². The lowest BCUT2D eigenvalue weighted by Gasteiger charge is -2.09. The van der Waals surface area contributed by atoms with Crippen molar-refractivity contribution in [3.05, 3.63) is 120 Å². The lowest BCUT2D eigenvalue weighted by molar-refractivity contribution is -0.118. The van der Waals surface area contributed by atoms with Crippen LogP contribution in [-0.4, -0.2) is 11.8 Å². The maximum atomic E-state index is 12.6. The van der Waals surface area contributed by atoms with Gasteiger partial charge in [-0.1, -0.05) is 84.9 Å². The van der Waals surface area contributed by atoms with E-state index in [2.05, 4.69) is 34.9 Å². The van der Waals surface area contributed by atoms with Crippen LogP contribution in [-0.2, 0) is 9.59 Å². The molecule has 0 saturated heterocycles. The Hall–Kier alpha value is -4.18. The van der Waals surface area contributed by atoms with E-state index in [0.29, 0.717) is 11.8 Å². The molecule has 0 aliphatic heterocycles. The van der Waals surface area contributed by atoms with Gasteiger partial charge in [0, 0.05) is 23.2 Å². The van der Waals surface area contributed by atoms with Gasteiger partial charge in [0.05, 0.1) is 0 Å². The summed E-state index contributed by atoms with van der Waals surface area (Å²) >= 11 is 0. The predicted molar refractivity (Wildman–Crippen MR) is 144 cm³/mol. The van der Waals surface area contributed by atoms with Crippen LogP contribution in [0, 0.1) is 11.8 Å². The van der Waals surface area contributed by atoms with Crippen molar-refractivity contribution in [3.63, 3.8) is 0 Å². The third-order valence-corrected chi connectivity index (χ3v) is 7.35. The van der Waals surface area contributed by atoms with Crippen LogP contribution in [0.5, 0.6) is 0 Å². The summed E-state index contributed by atoms with van der Waals surface area (Å²) in [4.78, 5) is 25.3. The number of carbonyl (C=O) groups excluding carboxylic acids is 2. The number of amides is 2. The molecule has 4 atom stereocenters. The lowest BCUT2D eigenvalue weighted by atomic mass is 10.0. The Bertz CT molecular complexity index is 1260. The summed E-state index contributed by atoms with van der Waals surface area (Å²) < 4.78 is 0. The molecule has 0 aromatic heterocycles. The minimum Gasteiger partial charge on any atom is -0.326 e. The Kier molecular flexibility index (Phi) is 5.86. The largest absolute Gasteiger partial charge is 0.326 e. The van der Waals surface area contributed by atoms with E-state index in [1.165, 1.54) is 11.1 Å². The molecule has 6 rings (SSSR count). The van der Waals surface area contributed by atoms with Crippen LogP contribution in [0.3, 0.4) is 0 Å². The summed E-state index contributed by atoms with van der Waals surface area (Å²) in [6, 6.07) is 36.3. The summed E-state index contributed by atoms with van der Waals surface area (Å²) in [7, 11) is 0. The zero-order chi connectivity index (χ0) is 24.5. The van der Waals surface area contributed by atoms with Crippen molar-refractivity contribution in [3.8, 4) is 11.1 Å². The third-order valence-electron chi connectivity index (χ3n) is 7.35. The fourth-order valence-corrected chi connectivity index (χ4v) is 5.07. The van der Waals surface area contributed by atoms with Gasteiger partial charge in [0.2, 0.25) is 11.8 Å². The zero-order valence-corrected chi connectivity index (χ0v) is 19.9. The molecular formula is C32H28N2O2. The van der Waals surface area contributed by atoms with E-state index in [4.69, 9.17) is 0 Å². The van der Waals surface area contributed by atoms with Gasteiger partial charge in [0.25, 0.3) is 0 Å². The van der Waals surface area contributed by atoms with E-state index in [1.54, 1.807) is 0 Å². The molecule has 2 amide bonds. The molecule has 0 heterocycles. The predicted octanol–water partition coefficient (Wildman–Crippen LogP) is 6.84. The summed E-state index contributed by atoms with van der Waals surface area (Å²) in [5.74, 6) is 0.924. The van der Waals surface area contributed by atoms with E-state index >= 15 is 0 Å². The Morgan fingerprint density at radius 3 is 1.22 bits per heavy atom. The van der Waals surface area contributed by atoms with Gasteiger partial charge in [0.1, 0.15) is 0 Å². The fourth-order valence-electron chi connectivity index (χ4n) is 5.07. The first-order valence-corrected chi connectivity index (χ1v) is 12.6. The molecule has 2 saturated carbocycles. The molecule has 0 radical (unpaired) electrons. The smallest absolute Gasteiger partial charge is 0.228 e. The van der Waals surface area contributed by atoms with Crippen LogP contribution in [0.25, 0.3) is 11.1 Å². The highest BCUT2D eigenvalue weighted by atomic mass is 16.2. The summed E-state index contributed by atoms with van der Waals surface area (Å²) in [6.45, 7) is 0. The van der Waals surface area contributed by atoms with Gasteiger partial charge in [-0.05, 0) is 71.2 Å². The number of rotatable bonds is 7. The van der Waals surface area contributed by atoms with Gasteiger partial charge < -0.3 is 10.6 Å². The number of hydrogen-bond acceptors (Lipinski definition) is 2. The number of benzene rings is 4. The van der Waals surface area contributed by atoms with Crippen molar-refractivity contribution in [2.45, 2.75) is 24.7 Å². The maximum absolute atomic E-state index is 12.6. The highest BCUT2D eigenvalue weighted by Crippen LogP contribution is 2.48. The molecule has 2 aliphatic carbocycles. The van der Waals surface area contributed by atoms with Crippen molar-refractivity contribution in [1.82, 2.24) is 0 Å². The van der Waals surface area contributed by atoms with Crippen LogP contribution in [0.15, 0.2) is 109 Å². The molecule has 178 valence electrons. The molecule has 2 aliphatic rings. The van der Waals surface area contributed by atoms with Gasteiger partial charge in [0.15, 0.2) is 0 Å². The minimum atomic E-state index is 0.0495. The molecule has 4 nitrogen and oxygen atoms in total. The zero-order valence-electron chi connectivity index (χ0n) is 19.9. The first-order chi connectivity index (χ1) is 17.7. The van der Waals surface area contributed by atoms with E-state index in [-0.39, 0.29) is 23.7 Å². The van der Waals surface area contributed by atoms with Gasteiger partial charge in [-0.15, -0.1) is 0 Å². The second-order valence-corrected chi connectivity index (χ2v) is 9.85. The van der Waals surface area contributed by atoms with Gasteiger partial charge in [-0.3, -0.25) is 9.59 Å². The molecule has 4 aromatic carbocycles. The molecule has 2 N–H and O–H groups in total. The summed E-state index contributed by atoms with van der Waals surface area (Å²) in [5.41, 5.74) is 6.21. The Balaban J connectivity index is 1.02. The SMILES string of the molecule is O=C(Nc1ccc(-c2ccc(NC(=O)[C@@H]3C[C@H]3c3ccccc3)cc2)cc1)[C@@H]1C[C@@H]1c1ccccc1. The van der Waals surface area contributed by atoms with E-state index in [9.17, 15) is 9.59 Å². The van der Waals surface area contributed by atoms with Crippen LogP contribution in [0.1, 0.15) is 35.8 Å². The molecular weight excluding hydrogens is 444 g/mol. The Morgan fingerprint density at radius 2 is 0.861 bits per heavy atom. The fraction of sp³-hybridized carbons (Fsp3) is 0.188. The second kappa shape index (κ2) is 9.46. The average molecular weight is 473 g/mol. The molecule has 4 aromatic rings. The topological polar surface area (TPSA) is 58.2 Å². The quantitative estimate of drug-likeness (QED) is 0.309. The van der Waals surface area contributed by atoms with E-state index in [0.717, 1.165) is 35.3 Å². The molecule has 0 bridgehead atoms. The van der Waals surface area contributed by atoms with Crippen molar-refractivity contribution in [2.24, 2.45) is 11.8 Å². The number of anilines is 2. The second-order valence-electron chi connectivity index (χ2n) is 9.85. The van der Waals surface area contributed by atoms with Gasteiger partial charge >= 0.3 is 0 Å². The highest BCUT2D eigenvalue weighted by molar-refractivity contribution is 5.96. The standard InChI is InChI=1S/C32H28N2O2/c35-31(29-19-27(29)23-7-3-1-4-8-23)33-25-15-11-21(12-16-25)22-13-17-26(18-14-22)34-32(36)30-20-28(30)24-9-5-2-6-10-24/h1-18,27-30H,19-20H2,(H,33,35)(H,34,36)/t27-,28+,29-,30-/m1/s1. The van der Waals surface area contributed by atoms with Crippen molar-refractivity contribution >= 4 is 23.2 Å². The molecule has 0 unspecified atom stereocenters. The molecule has 4 heteroatoms. The normalized spacial score (nSPS) is 21.9. The third kappa shape index (κ3) is 4.80. The van der Waals surface area contributed by atoms with Crippen molar-refractivity contribution < 1.29 is 9.59 Å². The van der Waals surface area contributed by atoms with E-state index < -0.39 is 0 Å². The maximum Gasteiger partial charge on any atom is 0.228 e. The molecule has 2 fully saturated rings. The summed E-state index contributed by atoms with van der Waals surface area (Å²) in [6.07, 6.45) is 1.81. The summed E-state index contributed by atoms with van der Waals surface area (Å²) in [5, 5.41) is 6.12. The average Bonchev–Trinajstić information content (AvgIpc) is 3.85. The van der Waals surface area contributed by atoms with Gasteiger partial charge in [-0.25, -0.2) is 0 Å². The van der Waals surface area contributed by atoms with Crippen molar-refractivity contribution in [2.75, 3.05) is 10.6 Å². The molecule has 36 heavy (non-hydrogen) atoms. The minimum absolute atomic E-state index is 0.0495. The van der Waals surface area contributed by atoms with Gasteiger partial charge in [-0.2, -0.15) is 0 Å². The first kappa shape index (κ1) is 22.3. The van der Waals surface area contributed by atoms with Crippen LogP contribution < -0.4 is 10.6 Å². The highest BCUT2D eigenvalue weighted by Gasteiger charge is 2.44.